The van der Waals surface area contributed by atoms with Crippen LogP contribution in [0.25, 0.3) is 6.08 Å². The van der Waals surface area contributed by atoms with E-state index in [1.54, 1.807) is 30.3 Å². The molecule has 1 aliphatic rings. The van der Waals surface area contributed by atoms with E-state index < -0.39 is 5.97 Å². The normalized spacial score (nSPS) is 14.8. The third-order valence-corrected chi connectivity index (χ3v) is 3.61. The highest BCUT2D eigenvalue weighted by molar-refractivity contribution is 6.14. The molecule has 0 saturated carbocycles. The van der Waals surface area contributed by atoms with Gasteiger partial charge in [-0.3, -0.25) is 9.59 Å². The monoisotopic (exact) mass is 324 g/mol. The smallest absolute Gasteiger partial charge is 0.306 e. The highest BCUT2D eigenvalue weighted by atomic mass is 16.5. The molecule has 0 aromatic heterocycles. The number of para-hydroxylation sites is 1. The average Bonchev–Trinajstić information content (AvgIpc) is 2.59. The Morgan fingerprint density at radius 3 is 2.67 bits per heavy atom. The van der Waals surface area contributed by atoms with E-state index in [0.717, 1.165) is 5.56 Å². The zero-order chi connectivity index (χ0) is 16.9. The van der Waals surface area contributed by atoms with Crippen LogP contribution in [0.1, 0.15) is 22.3 Å². The number of ketones is 1. The van der Waals surface area contributed by atoms with Crippen molar-refractivity contribution in [2.24, 2.45) is 0 Å². The van der Waals surface area contributed by atoms with E-state index in [1.807, 2.05) is 24.3 Å². The molecule has 0 unspecified atom stereocenters. The van der Waals surface area contributed by atoms with Gasteiger partial charge in [0.1, 0.15) is 18.1 Å². The van der Waals surface area contributed by atoms with Crippen LogP contribution >= 0.6 is 0 Å². The third-order valence-electron chi connectivity index (χ3n) is 3.61. The van der Waals surface area contributed by atoms with Gasteiger partial charge in [-0.2, -0.15) is 0 Å². The Labute approximate surface area is 139 Å². The summed E-state index contributed by atoms with van der Waals surface area (Å²) in [7, 11) is 0. The van der Waals surface area contributed by atoms with Crippen molar-refractivity contribution in [3.63, 3.8) is 0 Å². The molecular weight excluding hydrogens is 308 g/mol. The number of aliphatic carboxylic acids is 1. The summed E-state index contributed by atoms with van der Waals surface area (Å²) < 4.78 is 10.9. The van der Waals surface area contributed by atoms with Crippen molar-refractivity contribution >= 4 is 17.8 Å². The number of carbonyl (C=O) groups excluding carboxylic acids is 1. The van der Waals surface area contributed by atoms with Crippen LogP contribution in [-0.2, 0) is 4.79 Å². The Hall–Kier alpha value is -3.08. The van der Waals surface area contributed by atoms with Gasteiger partial charge in [-0.25, -0.2) is 0 Å². The Balaban J connectivity index is 1.70. The quantitative estimate of drug-likeness (QED) is 0.855. The predicted octanol–water partition coefficient (Wildman–Crippen LogP) is 3.20. The second-order valence-corrected chi connectivity index (χ2v) is 5.34. The molecule has 1 aliphatic heterocycles. The molecule has 24 heavy (non-hydrogen) atoms. The SMILES string of the molecule is O=C(O)CCOc1ccc(/C=C2\COc3ccccc3C2=O)cc1. The topological polar surface area (TPSA) is 72.8 Å². The lowest BCUT2D eigenvalue weighted by Gasteiger charge is -2.18. The van der Waals surface area contributed by atoms with Gasteiger partial charge < -0.3 is 14.6 Å². The molecule has 0 radical (unpaired) electrons. The summed E-state index contributed by atoms with van der Waals surface area (Å²) in [6.07, 6.45) is 1.75. The van der Waals surface area contributed by atoms with E-state index in [1.165, 1.54) is 0 Å². The molecule has 5 nitrogen and oxygen atoms in total. The highest BCUT2D eigenvalue weighted by Gasteiger charge is 2.22. The molecule has 3 rings (SSSR count). The van der Waals surface area contributed by atoms with E-state index >= 15 is 0 Å². The van der Waals surface area contributed by atoms with Gasteiger partial charge in [0.05, 0.1) is 18.6 Å². The number of ether oxygens (including phenoxy) is 2. The van der Waals surface area contributed by atoms with Gasteiger partial charge >= 0.3 is 5.97 Å². The van der Waals surface area contributed by atoms with Gasteiger partial charge in [0, 0.05) is 5.57 Å². The summed E-state index contributed by atoms with van der Waals surface area (Å²) in [6.45, 7) is 0.367. The standard InChI is InChI=1S/C19H16O5/c20-18(21)9-10-23-15-7-5-13(6-8-15)11-14-12-24-17-4-2-1-3-16(17)19(14)22/h1-8,11H,9-10,12H2,(H,20,21)/b14-11+. The van der Waals surface area contributed by atoms with Crippen LogP contribution in [0.3, 0.4) is 0 Å². The van der Waals surface area contributed by atoms with Gasteiger partial charge in [0.15, 0.2) is 5.78 Å². The Morgan fingerprint density at radius 2 is 1.92 bits per heavy atom. The summed E-state index contributed by atoms with van der Waals surface area (Å²) in [4.78, 5) is 22.9. The van der Waals surface area contributed by atoms with Gasteiger partial charge in [0.25, 0.3) is 0 Å². The van der Waals surface area contributed by atoms with Crippen LogP contribution in [0.2, 0.25) is 0 Å². The van der Waals surface area contributed by atoms with Crippen molar-refractivity contribution in [2.45, 2.75) is 6.42 Å². The second kappa shape index (κ2) is 7.00. The maximum atomic E-state index is 12.5. The fourth-order valence-corrected chi connectivity index (χ4v) is 2.40. The first-order chi connectivity index (χ1) is 11.6. The number of hydrogen-bond acceptors (Lipinski definition) is 4. The second-order valence-electron chi connectivity index (χ2n) is 5.34. The van der Waals surface area contributed by atoms with Gasteiger partial charge in [-0.15, -0.1) is 0 Å². The van der Waals surface area contributed by atoms with Crippen LogP contribution in [0.4, 0.5) is 0 Å². The van der Waals surface area contributed by atoms with Gasteiger partial charge in [-0.1, -0.05) is 24.3 Å². The van der Waals surface area contributed by atoms with Gasteiger partial charge in [0.2, 0.25) is 0 Å². The number of hydrogen-bond donors (Lipinski definition) is 1. The van der Waals surface area contributed by atoms with Crippen molar-refractivity contribution < 1.29 is 24.2 Å². The number of Topliss-reactive ketones (excluding diaryl/α,β-unsaturated/α-hetero) is 1. The molecule has 0 bridgehead atoms. The van der Waals surface area contributed by atoms with Crippen LogP contribution < -0.4 is 9.47 Å². The number of benzene rings is 2. The lowest BCUT2D eigenvalue weighted by atomic mass is 9.98. The lowest BCUT2D eigenvalue weighted by molar-refractivity contribution is -0.137. The van der Waals surface area contributed by atoms with E-state index in [2.05, 4.69) is 0 Å². The molecule has 122 valence electrons. The Morgan fingerprint density at radius 1 is 1.17 bits per heavy atom. The van der Waals surface area contributed by atoms with Crippen molar-refractivity contribution in [1.29, 1.82) is 0 Å². The first kappa shape index (κ1) is 15.8. The number of carboxylic acid groups (broad SMARTS) is 1. The minimum absolute atomic E-state index is 0.0290. The molecule has 5 heteroatoms. The molecule has 0 aliphatic carbocycles. The molecule has 1 N–H and O–H groups in total. The van der Waals surface area contributed by atoms with E-state index in [-0.39, 0.29) is 25.4 Å². The predicted molar refractivity (Wildman–Crippen MR) is 88.4 cm³/mol. The fourth-order valence-electron chi connectivity index (χ4n) is 2.40. The summed E-state index contributed by atoms with van der Waals surface area (Å²) >= 11 is 0. The number of fused-ring (bicyclic) bond motifs is 1. The zero-order valence-electron chi connectivity index (χ0n) is 12.9. The largest absolute Gasteiger partial charge is 0.493 e. The minimum atomic E-state index is -0.896. The first-order valence-electron chi connectivity index (χ1n) is 7.55. The van der Waals surface area contributed by atoms with Crippen LogP contribution in [0.15, 0.2) is 54.1 Å². The average molecular weight is 324 g/mol. The molecule has 0 amide bonds. The van der Waals surface area contributed by atoms with Crippen molar-refractivity contribution in [3.05, 3.63) is 65.2 Å². The van der Waals surface area contributed by atoms with Crippen molar-refractivity contribution in [3.8, 4) is 11.5 Å². The third kappa shape index (κ3) is 3.63. The molecule has 1 heterocycles. The van der Waals surface area contributed by atoms with E-state index in [9.17, 15) is 9.59 Å². The molecule has 2 aromatic rings. The molecule has 2 aromatic carbocycles. The number of carbonyl (C=O) groups is 2. The number of rotatable bonds is 5. The van der Waals surface area contributed by atoms with Crippen molar-refractivity contribution in [1.82, 2.24) is 0 Å². The Bertz CT molecular complexity index is 790. The Kier molecular flexibility index (Phi) is 4.61. The van der Waals surface area contributed by atoms with Gasteiger partial charge in [-0.05, 0) is 35.9 Å². The molecule has 0 atom stereocenters. The van der Waals surface area contributed by atoms with E-state index in [4.69, 9.17) is 14.6 Å². The minimum Gasteiger partial charge on any atom is -0.493 e. The summed E-state index contributed by atoms with van der Waals surface area (Å²) in [5.41, 5.74) is 2.02. The maximum absolute atomic E-state index is 12.5. The van der Waals surface area contributed by atoms with Crippen LogP contribution in [0.5, 0.6) is 11.5 Å². The highest BCUT2D eigenvalue weighted by Crippen LogP contribution is 2.27. The van der Waals surface area contributed by atoms with Crippen LogP contribution in [0, 0.1) is 0 Å². The van der Waals surface area contributed by atoms with Crippen LogP contribution in [-0.4, -0.2) is 30.1 Å². The molecule has 0 spiro atoms. The van der Waals surface area contributed by atoms with Crippen molar-refractivity contribution in [2.75, 3.05) is 13.2 Å². The first-order valence-corrected chi connectivity index (χ1v) is 7.55. The molecule has 0 fully saturated rings. The molecule has 0 saturated heterocycles. The fraction of sp³-hybridized carbons (Fsp3) is 0.158. The summed E-state index contributed by atoms with van der Waals surface area (Å²) in [5.74, 6) is 0.280. The molecular formula is C19H16O5. The zero-order valence-corrected chi connectivity index (χ0v) is 12.9. The lowest BCUT2D eigenvalue weighted by Crippen LogP contribution is -2.18. The summed E-state index contributed by atoms with van der Waals surface area (Å²) in [5, 5.41) is 8.58. The summed E-state index contributed by atoms with van der Waals surface area (Å²) in [6, 6.07) is 14.3. The number of carboxylic acids is 1. The van der Waals surface area contributed by atoms with E-state index in [0.29, 0.717) is 22.6 Å². The maximum Gasteiger partial charge on any atom is 0.306 e.